The Morgan fingerprint density at radius 2 is 1.69 bits per heavy atom. The van der Waals surface area contributed by atoms with Gasteiger partial charge in [-0.15, -0.1) is 0 Å². The van der Waals surface area contributed by atoms with Crippen LogP contribution in [-0.4, -0.2) is 23.8 Å². The van der Waals surface area contributed by atoms with Crippen LogP contribution in [-0.2, 0) is 4.74 Å². The molecule has 0 aliphatic heterocycles. The second-order valence-corrected chi connectivity index (χ2v) is 8.50. The quantitative estimate of drug-likeness (QED) is 0.293. The first-order valence-electron chi connectivity index (χ1n) is 11.4. The lowest BCUT2D eigenvalue weighted by Crippen LogP contribution is -2.25. The van der Waals surface area contributed by atoms with Crippen LogP contribution in [0.25, 0.3) is 11.1 Å². The fraction of sp³-hybridized carbons (Fsp3) is 0.250. The van der Waals surface area contributed by atoms with Crippen molar-refractivity contribution in [3.8, 4) is 22.6 Å². The van der Waals surface area contributed by atoms with E-state index >= 15 is 0 Å². The molecule has 4 nitrogen and oxygen atoms in total. The predicted octanol–water partition coefficient (Wildman–Crippen LogP) is 6.92. The molecule has 3 aromatic carbocycles. The van der Waals surface area contributed by atoms with E-state index < -0.39 is 29.3 Å². The average Bonchev–Trinajstić information content (AvgIpc) is 2.85. The largest absolute Gasteiger partial charge is 0.508 e. The molecule has 0 heterocycles. The van der Waals surface area contributed by atoms with Crippen molar-refractivity contribution in [1.82, 2.24) is 0 Å². The number of aromatic hydroxyl groups is 1. The molecule has 0 atom stereocenters. The highest BCUT2D eigenvalue weighted by Gasteiger charge is 2.28. The van der Waals surface area contributed by atoms with Crippen LogP contribution in [0.1, 0.15) is 47.5 Å². The molecule has 3 aromatic rings. The molecule has 1 aliphatic carbocycles. The van der Waals surface area contributed by atoms with Crippen LogP contribution in [0, 0.1) is 17.5 Å². The van der Waals surface area contributed by atoms with Crippen LogP contribution in [0.2, 0.25) is 0 Å². The highest BCUT2D eigenvalue weighted by molar-refractivity contribution is 5.90. The summed E-state index contributed by atoms with van der Waals surface area (Å²) in [4.78, 5) is 12.6. The van der Waals surface area contributed by atoms with Crippen molar-refractivity contribution < 1.29 is 32.5 Å². The maximum absolute atomic E-state index is 14.7. The summed E-state index contributed by atoms with van der Waals surface area (Å²) in [5.41, 5.74) is 0.444. The van der Waals surface area contributed by atoms with E-state index in [1.54, 1.807) is 18.2 Å². The zero-order valence-corrected chi connectivity index (χ0v) is 19.0. The first kappa shape index (κ1) is 24.4. The monoisotopic (exact) mass is 482 g/mol. The molecule has 1 N–H and O–H groups in total. The van der Waals surface area contributed by atoms with Gasteiger partial charge in [-0.05, 0) is 67.0 Å². The zero-order valence-electron chi connectivity index (χ0n) is 19.0. The summed E-state index contributed by atoms with van der Waals surface area (Å²) in [6.45, 7) is 3.85. The van der Waals surface area contributed by atoms with Crippen LogP contribution in [0.5, 0.6) is 11.5 Å². The molecule has 0 bridgehead atoms. The number of esters is 1. The minimum atomic E-state index is -1.28. The second kappa shape index (κ2) is 10.7. The molecule has 0 spiro atoms. The fourth-order valence-corrected chi connectivity index (χ4v) is 4.36. The maximum Gasteiger partial charge on any atom is 0.341 e. The first-order valence-corrected chi connectivity index (χ1v) is 11.4. The highest BCUT2D eigenvalue weighted by atomic mass is 19.2. The van der Waals surface area contributed by atoms with Crippen molar-refractivity contribution in [2.75, 3.05) is 6.61 Å². The molecular weight excluding hydrogens is 457 g/mol. The number of hydrogen-bond acceptors (Lipinski definition) is 4. The number of carbonyl (C=O) groups excluding carboxylic acids is 1. The maximum atomic E-state index is 14.7. The van der Waals surface area contributed by atoms with E-state index in [2.05, 4.69) is 6.58 Å². The van der Waals surface area contributed by atoms with Crippen LogP contribution >= 0.6 is 0 Å². The number of carbonyl (C=O) groups is 1. The second-order valence-electron chi connectivity index (χ2n) is 8.50. The molecule has 1 saturated carbocycles. The van der Waals surface area contributed by atoms with Gasteiger partial charge in [0.25, 0.3) is 0 Å². The summed E-state index contributed by atoms with van der Waals surface area (Å²) in [6, 6.07) is 12.9. The molecule has 0 unspecified atom stereocenters. The van der Waals surface area contributed by atoms with Gasteiger partial charge in [0, 0.05) is 11.6 Å². The van der Waals surface area contributed by atoms with Gasteiger partial charge in [0.05, 0.1) is 5.56 Å². The lowest BCUT2D eigenvalue weighted by atomic mass is 9.82. The molecule has 0 aromatic heterocycles. The van der Waals surface area contributed by atoms with E-state index in [1.165, 1.54) is 42.5 Å². The lowest BCUT2D eigenvalue weighted by Gasteiger charge is -2.29. The summed E-state index contributed by atoms with van der Waals surface area (Å²) < 4.78 is 54.7. The fourth-order valence-electron chi connectivity index (χ4n) is 4.36. The van der Waals surface area contributed by atoms with Gasteiger partial charge in [-0.1, -0.05) is 36.9 Å². The molecule has 0 amide bonds. The molecular formula is C28H25F3O4. The van der Waals surface area contributed by atoms with E-state index in [1.807, 2.05) is 0 Å². The van der Waals surface area contributed by atoms with Crippen LogP contribution in [0.15, 0.2) is 67.3 Å². The van der Waals surface area contributed by atoms with E-state index in [-0.39, 0.29) is 23.0 Å². The zero-order chi connectivity index (χ0) is 24.9. The molecule has 0 saturated heterocycles. The summed E-state index contributed by atoms with van der Waals surface area (Å²) in [5, 5.41) is 9.38. The third-order valence-electron chi connectivity index (χ3n) is 6.21. The van der Waals surface area contributed by atoms with Crippen molar-refractivity contribution in [2.45, 2.75) is 37.7 Å². The number of hydrogen-bond donors (Lipinski definition) is 1. The Labute approximate surface area is 201 Å². The van der Waals surface area contributed by atoms with Crippen LogP contribution < -0.4 is 4.74 Å². The Bertz CT molecular complexity index is 1220. The van der Waals surface area contributed by atoms with E-state index in [4.69, 9.17) is 9.47 Å². The summed E-state index contributed by atoms with van der Waals surface area (Å²) in [6.07, 6.45) is 3.28. The van der Waals surface area contributed by atoms with Crippen molar-refractivity contribution in [1.29, 1.82) is 0 Å². The molecule has 0 radical (unpaired) electrons. The predicted molar refractivity (Wildman–Crippen MR) is 126 cm³/mol. The summed E-state index contributed by atoms with van der Waals surface area (Å²) >= 11 is 0. The number of benzene rings is 3. The Hall–Kier alpha value is -3.74. The van der Waals surface area contributed by atoms with E-state index in [0.29, 0.717) is 49.2 Å². The van der Waals surface area contributed by atoms with Gasteiger partial charge in [0.15, 0.2) is 11.6 Å². The number of ether oxygens (including phenoxy) is 2. The van der Waals surface area contributed by atoms with Crippen molar-refractivity contribution in [2.24, 2.45) is 0 Å². The first-order chi connectivity index (χ1) is 16.9. The van der Waals surface area contributed by atoms with E-state index in [0.717, 1.165) is 0 Å². The topological polar surface area (TPSA) is 55.8 Å². The molecule has 1 aliphatic rings. The SMILES string of the molecule is C=CCOc1ccc(C2CCC(OC(=O)c3ccc(-c4ccc(O)cc4)c(F)c3F)CC2)c(F)c1. The standard InChI is InChI=1S/C28H25F3O4/c1-2-15-34-21-11-12-22(25(29)16-21)17-5-9-20(10-6-17)35-28(33)24-14-13-23(26(30)27(24)31)18-3-7-19(32)8-4-18/h2-4,7-8,11-14,16-17,20,32H,1,5-6,9-10,15H2. The number of phenolic OH excluding ortho intramolecular Hbond substituents is 1. The molecule has 182 valence electrons. The van der Waals surface area contributed by atoms with Gasteiger partial charge in [0.2, 0.25) is 0 Å². The van der Waals surface area contributed by atoms with Gasteiger partial charge in [-0.25, -0.2) is 18.0 Å². The van der Waals surface area contributed by atoms with E-state index in [9.17, 15) is 23.1 Å². The number of phenols is 1. The molecule has 1 fully saturated rings. The van der Waals surface area contributed by atoms with Crippen molar-refractivity contribution >= 4 is 5.97 Å². The Kier molecular flexibility index (Phi) is 7.44. The average molecular weight is 482 g/mol. The van der Waals surface area contributed by atoms with Gasteiger partial charge in [-0.2, -0.15) is 0 Å². The molecule has 4 rings (SSSR count). The third kappa shape index (κ3) is 5.50. The minimum Gasteiger partial charge on any atom is -0.508 e. The van der Waals surface area contributed by atoms with Gasteiger partial charge < -0.3 is 14.6 Å². The Morgan fingerprint density at radius 3 is 2.34 bits per heavy atom. The Balaban J connectivity index is 1.38. The minimum absolute atomic E-state index is 0.00170. The normalized spacial score (nSPS) is 17.6. The van der Waals surface area contributed by atoms with Crippen LogP contribution in [0.3, 0.4) is 0 Å². The Morgan fingerprint density at radius 1 is 0.971 bits per heavy atom. The van der Waals surface area contributed by atoms with Crippen LogP contribution in [0.4, 0.5) is 13.2 Å². The van der Waals surface area contributed by atoms with Gasteiger partial charge in [0.1, 0.15) is 30.0 Å². The smallest absolute Gasteiger partial charge is 0.341 e. The third-order valence-corrected chi connectivity index (χ3v) is 6.21. The summed E-state index contributed by atoms with van der Waals surface area (Å²) in [7, 11) is 0. The molecule has 7 heteroatoms. The number of halogens is 3. The number of rotatable bonds is 7. The van der Waals surface area contributed by atoms with Crippen molar-refractivity contribution in [3.63, 3.8) is 0 Å². The summed E-state index contributed by atoms with van der Waals surface area (Å²) in [5.74, 6) is -3.33. The molecule has 35 heavy (non-hydrogen) atoms. The van der Waals surface area contributed by atoms with Gasteiger partial charge in [-0.3, -0.25) is 0 Å². The highest BCUT2D eigenvalue weighted by Crippen LogP contribution is 2.37. The lowest BCUT2D eigenvalue weighted by molar-refractivity contribution is 0.0188. The van der Waals surface area contributed by atoms with Gasteiger partial charge >= 0.3 is 5.97 Å². The van der Waals surface area contributed by atoms with Crippen molar-refractivity contribution in [3.05, 3.63) is 95.8 Å².